The molecule has 0 bridgehead atoms. The minimum Gasteiger partial charge on any atom is -0.343 e. The number of aldehydes is 1. The van der Waals surface area contributed by atoms with Crippen LogP contribution in [-0.2, 0) is 20.1 Å². The van der Waals surface area contributed by atoms with Crippen molar-refractivity contribution in [2.45, 2.75) is 31.5 Å². The first-order valence-electron chi connectivity index (χ1n) is 8.43. The molecule has 2 heterocycles. The summed E-state index contributed by atoms with van der Waals surface area (Å²) in [5.74, 6) is -0.743. The van der Waals surface area contributed by atoms with E-state index in [0.717, 1.165) is 57.2 Å². The van der Waals surface area contributed by atoms with E-state index >= 15 is 0 Å². The third-order valence-electron chi connectivity index (χ3n) is 4.84. The molecular formula is C18H24FNO3. The van der Waals surface area contributed by atoms with Gasteiger partial charge in [0.25, 0.3) is 0 Å². The van der Waals surface area contributed by atoms with Gasteiger partial charge in [-0.25, -0.2) is 4.39 Å². The molecule has 0 N–H and O–H groups in total. The molecule has 0 unspecified atom stereocenters. The normalized spacial score (nSPS) is 22.3. The summed E-state index contributed by atoms with van der Waals surface area (Å²) in [7, 11) is 0. The van der Waals surface area contributed by atoms with Gasteiger partial charge in [-0.1, -0.05) is 12.1 Å². The number of piperidine rings is 1. The predicted molar refractivity (Wildman–Crippen MR) is 84.4 cm³/mol. The Hall–Kier alpha value is -1.30. The molecule has 0 aromatic heterocycles. The molecule has 2 fully saturated rings. The van der Waals surface area contributed by atoms with Crippen LogP contribution in [0.2, 0.25) is 0 Å². The second-order valence-corrected chi connectivity index (χ2v) is 6.38. The van der Waals surface area contributed by atoms with Gasteiger partial charge in [0.2, 0.25) is 0 Å². The fourth-order valence-electron chi connectivity index (χ4n) is 3.46. The molecule has 5 heteroatoms. The van der Waals surface area contributed by atoms with Gasteiger partial charge in [0, 0.05) is 17.9 Å². The number of ether oxygens (including phenoxy) is 2. The van der Waals surface area contributed by atoms with E-state index in [-0.39, 0.29) is 11.7 Å². The van der Waals surface area contributed by atoms with E-state index in [1.54, 1.807) is 12.1 Å². The van der Waals surface area contributed by atoms with Crippen LogP contribution in [0.25, 0.3) is 0 Å². The number of likely N-dealkylation sites (tertiary alicyclic amines) is 1. The monoisotopic (exact) mass is 321 g/mol. The fourth-order valence-corrected chi connectivity index (χ4v) is 3.46. The highest BCUT2D eigenvalue weighted by Crippen LogP contribution is 2.36. The van der Waals surface area contributed by atoms with Crippen molar-refractivity contribution in [1.82, 2.24) is 4.90 Å². The Morgan fingerprint density at radius 2 is 1.83 bits per heavy atom. The van der Waals surface area contributed by atoms with Crippen molar-refractivity contribution in [1.29, 1.82) is 0 Å². The SMILES string of the molecule is O=CC1CCN(CCCC2(c3ccc(F)cc3)OCCO2)CC1. The minimum absolute atomic E-state index is 0.235. The molecule has 0 aliphatic carbocycles. The number of rotatable bonds is 6. The largest absolute Gasteiger partial charge is 0.343 e. The Labute approximate surface area is 136 Å². The molecule has 1 aromatic carbocycles. The van der Waals surface area contributed by atoms with E-state index in [4.69, 9.17) is 9.47 Å². The molecule has 2 aliphatic rings. The van der Waals surface area contributed by atoms with Gasteiger partial charge in [-0.15, -0.1) is 0 Å². The molecular weight excluding hydrogens is 297 g/mol. The molecule has 126 valence electrons. The van der Waals surface area contributed by atoms with Gasteiger partial charge in [0.15, 0.2) is 5.79 Å². The highest BCUT2D eigenvalue weighted by molar-refractivity contribution is 5.53. The van der Waals surface area contributed by atoms with Gasteiger partial charge in [0.05, 0.1) is 13.2 Å². The summed E-state index contributed by atoms with van der Waals surface area (Å²) < 4.78 is 24.9. The van der Waals surface area contributed by atoms with Crippen molar-refractivity contribution in [3.8, 4) is 0 Å². The van der Waals surface area contributed by atoms with Crippen molar-refractivity contribution in [3.63, 3.8) is 0 Å². The molecule has 0 amide bonds. The quantitative estimate of drug-likeness (QED) is 0.755. The maximum atomic E-state index is 13.1. The Morgan fingerprint density at radius 3 is 2.43 bits per heavy atom. The average molecular weight is 321 g/mol. The summed E-state index contributed by atoms with van der Waals surface area (Å²) in [5.41, 5.74) is 0.885. The van der Waals surface area contributed by atoms with Crippen molar-refractivity contribution < 1.29 is 18.7 Å². The first-order chi connectivity index (χ1) is 11.2. The summed E-state index contributed by atoms with van der Waals surface area (Å²) in [6, 6.07) is 6.39. The molecule has 3 rings (SSSR count). The first kappa shape index (κ1) is 16.6. The molecule has 0 atom stereocenters. The van der Waals surface area contributed by atoms with Gasteiger partial charge < -0.3 is 19.2 Å². The summed E-state index contributed by atoms with van der Waals surface area (Å²) in [5, 5.41) is 0. The number of hydrogen-bond acceptors (Lipinski definition) is 4. The lowest BCUT2D eigenvalue weighted by atomic mass is 9.97. The molecule has 23 heavy (non-hydrogen) atoms. The van der Waals surface area contributed by atoms with E-state index < -0.39 is 5.79 Å². The van der Waals surface area contributed by atoms with Crippen molar-refractivity contribution in [3.05, 3.63) is 35.6 Å². The standard InChI is InChI=1S/C18H24FNO3/c19-17-4-2-16(3-5-17)18(22-12-13-23-18)8-1-9-20-10-6-15(14-21)7-11-20/h2-5,14-15H,1,6-13H2. The number of hydrogen-bond donors (Lipinski definition) is 0. The lowest BCUT2D eigenvalue weighted by Gasteiger charge is -2.32. The van der Waals surface area contributed by atoms with Gasteiger partial charge in [-0.3, -0.25) is 0 Å². The van der Waals surface area contributed by atoms with E-state index in [1.807, 2.05) is 0 Å². The number of carbonyl (C=O) groups is 1. The van der Waals surface area contributed by atoms with Crippen LogP contribution in [0.15, 0.2) is 24.3 Å². The van der Waals surface area contributed by atoms with Crippen LogP contribution < -0.4 is 0 Å². The van der Waals surface area contributed by atoms with Gasteiger partial charge >= 0.3 is 0 Å². The fraction of sp³-hybridized carbons (Fsp3) is 0.611. The van der Waals surface area contributed by atoms with Crippen LogP contribution in [0.3, 0.4) is 0 Å². The Morgan fingerprint density at radius 1 is 1.17 bits per heavy atom. The van der Waals surface area contributed by atoms with Crippen LogP contribution in [0.5, 0.6) is 0 Å². The van der Waals surface area contributed by atoms with Crippen LogP contribution >= 0.6 is 0 Å². The minimum atomic E-state index is -0.727. The van der Waals surface area contributed by atoms with Gasteiger partial charge in [-0.05, 0) is 51.0 Å². The molecule has 0 radical (unpaired) electrons. The molecule has 0 saturated carbocycles. The highest BCUT2D eigenvalue weighted by atomic mass is 19.1. The van der Waals surface area contributed by atoms with E-state index in [0.29, 0.717) is 13.2 Å². The van der Waals surface area contributed by atoms with Crippen molar-refractivity contribution in [2.75, 3.05) is 32.8 Å². The molecule has 2 saturated heterocycles. The van der Waals surface area contributed by atoms with Crippen LogP contribution in [0.4, 0.5) is 4.39 Å². The summed E-state index contributed by atoms with van der Waals surface area (Å²) in [6.45, 7) is 4.08. The van der Waals surface area contributed by atoms with Crippen LogP contribution in [-0.4, -0.2) is 44.0 Å². The predicted octanol–water partition coefficient (Wildman–Crippen LogP) is 2.72. The Bertz CT molecular complexity index is 506. The Balaban J connectivity index is 1.54. The molecule has 0 spiro atoms. The topological polar surface area (TPSA) is 38.8 Å². The lowest BCUT2D eigenvalue weighted by molar-refractivity contribution is -0.172. The van der Waals surface area contributed by atoms with Crippen LogP contribution in [0, 0.1) is 11.7 Å². The molecule has 2 aliphatic heterocycles. The zero-order valence-corrected chi connectivity index (χ0v) is 13.4. The van der Waals surface area contributed by atoms with Crippen LogP contribution in [0.1, 0.15) is 31.2 Å². The molecule has 4 nitrogen and oxygen atoms in total. The smallest absolute Gasteiger partial charge is 0.195 e. The zero-order valence-electron chi connectivity index (χ0n) is 13.4. The molecule has 1 aromatic rings. The number of halogens is 1. The second-order valence-electron chi connectivity index (χ2n) is 6.38. The van der Waals surface area contributed by atoms with Gasteiger partial charge in [0.1, 0.15) is 12.1 Å². The van der Waals surface area contributed by atoms with E-state index in [1.165, 1.54) is 12.1 Å². The number of carbonyl (C=O) groups excluding carboxylic acids is 1. The number of benzene rings is 1. The summed E-state index contributed by atoms with van der Waals surface area (Å²) in [6.07, 6.45) is 4.70. The summed E-state index contributed by atoms with van der Waals surface area (Å²) in [4.78, 5) is 13.2. The average Bonchev–Trinajstić information content (AvgIpc) is 3.06. The lowest BCUT2D eigenvalue weighted by Crippen LogP contribution is -2.36. The van der Waals surface area contributed by atoms with Crippen molar-refractivity contribution >= 4 is 6.29 Å². The Kier molecular flexibility index (Phi) is 5.41. The third kappa shape index (κ3) is 3.97. The highest BCUT2D eigenvalue weighted by Gasteiger charge is 2.38. The maximum absolute atomic E-state index is 13.1. The maximum Gasteiger partial charge on any atom is 0.195 e. The second kappa shape index (κ2) is 7.51. The third-order valence-corrected chi connectivity index (χ3v) is 4.84. The van der Waals surface area contributed by atoms with E-state index in [2.05, 4.69) is 4.90 Å². The number of nitrogens with zero attached hydrogens (tertiary/aromatic N) is 1. The van der Waals surface area contributed by atoms with E-state index in [9.17, 15) is 9.18 Å². The zero-order chi connectivity index (χ0) is 16.1. The van der Waals surface area contributed by atoms with Crippen molar-refractivity contribution in [2.24, 2.45) is 5.92 Å². The van der Waals surface area contributed by atoms with Gasteiger partial charge in [-0.2, -0.15) is 0 Å². The summed E-state index contributed by atoms with van der Waals surface area (Å²) >= 11 is 0. The first-order valence-corrected chi connectivity index (χ1v) is 8.43.